The molecule has 1 aromatic carbocycles. The van der Waals surface area contributed by atoms with Gasteiger partial charge in [0.25, 0.3) is 0 Å². The van der Waals surface area contributed by atoms with Gasteiger partial charge in [0.05, 0.1) is 5.56 Å². The lowest BCUT2D eigenvalue weighted by molar-refractivity contribution is -0.119. The maximum absolute atomic E-state index is 11.4. The Labute approximate surface area is 171 Å². The number of hydrogen-bond donors (Lipinski definition) is 3. The van der Waals surface area contributed by atoms with Gasteiger partial charge >= 0.3 is 0 Å². The summed E-state index contributed by atoms with van der Waals surface area (Å²) in [5.74, 6) is 1.32. The van der Waals surface area contributed by atoms with Crippen molar-refractivity contribution in [3.05, 3.63) is 35.5 Å². The minimum Gasteiger partial charge on any atom is -0.398 e. The first-order valence-electron chi connectivity index (χ1n) is 9.95. The fourth-order valence-electron chi connectivity index (χ4n) is 3.42. The van der Waals surface area contributed by atoms with Gasteiger partial charge in [0, 0.05) is 49.2 Å². The zero-order valence-electron chi connectivity index (χ0n) is 16.9. The van der Waals surface area contributed by atoms with Crippen LogP contribution in [0.25, 0.3) is 0 Å². The third-order valence-electron chi connectivity index (χ3n) is 4.90. The molecule has 2 heterocycles. The Hall–Kier alpha value is -3.34. The molecule has 4 N–H and O–H groups in total. The van der Waals surface area contributed by atoms with Gasteiger partial charge in [0.1, 0.15) is 11.9 Å². The first-order valence-corrected chi connectivity index (χ1v) is 9.95. The molecule has 1 saturated heterocycles. The lowest BCUT2D eigenvalue weighted by Crippen LogP contribution is -2.35. The molecule has 0 saturated carbocycles. The number of benzene rings is 1. The predicted molar refractivity (Wildman–Crippen MR) is 114 cm³/mol. The minimum absolute atomic E-state index is 0.0119. The molecule has 1 aliphatic rings. The monoisotopic (exact) mass is 393 g/mol. The molecule has 1 fully saturated rings. The number of nitrogens with zero attached hydrogens (tertiary/aromatic N) is 4. The number of aromatic nitrogens is 2. The number of aryl methyl sites for hydroxylation is 1. The molecule has 3 rings (SSSR count). The van der Waals surface area contributed by atoms with Gasteiger partial charge in [0.2, 0.25) is 11.9 Å². The lowest BCUT2D eigenvalue weighted by atomic mass is 10.2. The standard InChI is InChI=1S/C21H27N7O/c1-3-4-5-16-11-20(28-9-8-18(13-28)24-14(2)29)27-21(25-16)26-17-6-7-19(23)15(10-17)12-22/h6-7,10-11,18H,3-5,8-9,13,23H2,1-2H3,(H,24,29)(H,25,26,27). The van der Waals surface area contributed by atoms with Gasteiger partial charge in [-0.2, -0.15) is 10.2 Å². The van der Waals surface area contributed by atoms with E-state index in [1.165, 1.54) is 0 Å². The smallest absolute Gasteiger partial charge is 0.229 e. The van der Waals surface area contributed by atoms with Gasteiger partial charge in [-0.25, -0.2) is 4.98 Å². The number of hydrogen-bond acceptors (Lipinski definition) is 7. The Morgan fingerprint density at radius 2 is 2.21 bits per heavy atom. The molecule has 1 amide bonds. The molecule has 0 radical (unpaired) electrons. The summed E-state index contributed by atoms with van der Waals surface area (Å²) in [6.07, 6.45) is 3.89. The summed E-state index contributed by atoms with van der Waals surface area (Å²) in [5, 5.41) is 15.4. The van der Waals surface area contributed by atoms with Crippen LogP contribution in [0.3, 0.4) is 0 Å². The van der Waals surface area contributed by atoms with Crippen molar-refractivity contribution in [2.24, 2.45) is 0 Å². The summed E-state index contributed by atoms with van der Waals surface area (Å²) in [6, 6.07) is 9.45. The molecule has 1 aromatic heterocycles. The second-order valence-electron chi connectivity index (χ2n) is 7.32. The van der Waals surface area contributed by atoms with Crippen LogP contribution in [-0.2, 0) is 11.2 Å². The van der Waals surface area contributed by atoms with Gasteiger partial charge in [0.15, 0.2) is 0 Å². The number of anilines is 4. The van der Waals surface area contributed by atoms with E-state index in [2.05, 4.69) is 38.5 Å². The largest absolute Gasteiger partial charge is 0.398 e. The molecule has 152 valence electrons. The van der Waals surface area contributed by atoms with Gasteiger partial charge in [-0.05, 0) is 37.5 Å². The van der Waals surface area contributed by atoms with E-state index in [1.54, 1.807) is 25.1 Å². The Kier molecular flexibility index (Phi) is 6.50. The summed E-state index contributed by atoms with van der Waals surface area (Å²) in [7, 11) is 0. The van der Waals surface area contributed by atoms with Crippen molar-refractivity contribution < 1.29 is 4.79 Å². The van der Waals surface area contributed by atoms with Gasteiger partial charge in [-0.1, -0.05) is 13.3 Å². The summed E-state index contributed by atoms with van der Waals surface area (Å²) in [4.78, 5) is 22.9. The molecule has 0 spiro atoms. The minimum atomic E-state index is -0.0119. The zero-order chi connectivity index (χ0) is 20.8. The van der Waals surface area contributed by atoms with E-state index in [4.69, 9.17) is 5.73 Å². The first kappa shape index (κ1) is 20.4. The quantitative estimate of drug-likeness (QED) is 0.619. The van der Waals surface area contributed by atoms with Crippen LogP contribution in [0.4, 0.5) is 23.1 Å². The fraction of sp³-hybridized carbons (Fsp3) is 0.429. The summed E-state index contributed by atoms with van der Waals surface area (Å²) >= 11 is 0. The maximum atomic E-state index is 11.4. The number of carbonyl (C=O) groups excluding carboxylic acids is 1. The average Bonchev–Trinajstić information content (AvgIpc) is 3.15. The normalized spacial score (nSPS) is 15.8. The molecule has 1 aliphatic heterocycles. The lowest BCUT2D eigenvalue weighted by Gasteiger charge is -2.19. The highest BCUT2D eigenvalue weighted by atomic mass is 16.1. The highest BCUT2D eigenvalue weighted by Crippen LogP contribution is 2.24. The summed E-state index contributed by atoms with van der Waals surface area (Å²) < 4.78 is 0. The molecule has 8 heteroatoms. The molecule has 0 bridgehead atoms. The predicted octanol–water partition coefficient (Wildman–Crippen LogP) is 2.73. The summed E-state index contributed by atoms with van der Waals surface area (Å²) in [5.41, 5.74) is 8.35. The van der Waals surface area contributed by atoms with Gasteiger partial charge < -0.3 is 21.3 Å². The number of rotatable bonds is 7. The molecule has 2 aromatic rings. The Balaban J connectivity index is 1.84. The van der Waals surface area contributed by atoms with Crippen LogP contribution in [0, 0.1) is 11.3 Å². The number of unbranched alkanes of at least 4 members (excludes halogenated alkanes) is 1. The molecule has 8 nitrogen and oxygen atoms in total. The molecular weight excluding hydrogens is 366 g/mol. The van der Waals surface area contributed by atoms with E-state index in [9.17, 15) is 10.1 Å². The second-order valence-corrected chi connectivity index (χ2v) is 7.32. The first-order chi connectivity index (χ1) is 14.0. The van der Waals surface area contributed by atoms with Crippen molar-refractivity contribution in [2.45, 2.75) is 45.6 Å². The van der Waals surface area contributed by atoms with E-state index < -0.39 is 0 Å². The molecule has 0 aliphatic carbocycles. The van der Waals surface area contributed by atoms with Crippen molar-refractivity contribution >= 4 is 29.0 Å². The second kappa shape index (κ2) is 9.24. The zero-order valence-corrected chi connectivity index (χ0v) is 16.9. The molecular formula is C21H27N7O. The highest BCUT2D eigenvalue weighted by Gasteiger charge is 2.24. The van der Waals surface area contributed by atoms with Crippen molar-refractivity contribution in [1.82, 2.24) is 15.3 Å². The van der Waals surface area contributed by atoms with Crippen molar-refractivity contribution in [3.63, 3.8) is 0 Å². The van der Waals surface area contributed by atoms with Crippen LogP contribution in [0.2, 0.25) is 0 Å². The van der Waals surface area contributed by atoms with Crippen LogP contribution in [0.5, 0.6) is 0 Å². The van der Waals surface area contributed by atoms with Crippen LogP contribution in [0.15, 0.2) is 24.3 Å². The van der Waals surface area contributed by atoms with Crippen molar-refractivity contribution in [3.8, 4) is 6.07 Å². The number of amides is 1. The van der Waals surface area contributed by atoms with E-state index in [0.29, 0.717) is 22.9 Å². The van der Waals surface area contributed by atoms with E-state index >= 15 is 0 Å². The van der Waals surface area contributed by atoms with E-state index in [1.807, 2.05) is 6.07 Å². The number of carbonyl (C=O) groups is 1. The summed E-state index contributed by atoms with van der Waals surface area (Å²) in [6.45, 7) is 5.25. The maximum Gasteiger partial charge on any atom is 0.229 e. The molecule has 1 unspecified atom stereocenters. The third-order valence-corrected chi connectivity index (χ3v) is 4.90. The van der Waals surface area contributed by atoms with E-state index in [-0.39, 0.29) is 11.9 Å². The highest BCUT2D eigenvalue weighted by molar-refractivity contribution is 5.73. The Bertz CT molecular complexity index is 922. The fourth-order valence-corrected chi connectivity index (χ4v) is 3.42. The number of nitrogen functional groups attached to an aromatic ring is 1. The Morgan fingerprint density at radius 3 is 2.93 bits per heavy atom. The topological polar surface area (TPSA) is 120 Å². The van der Waals surface area contributed by atoms with Crippen LogP contribution in [-0.4, -0.2) is 35.0 Å². The molecule has 1 atom stereocenters. The van der Waals surface area contributed by atoms with Gasteiger partial charge in [-0.15, -0.1) is 0 Å². The average molecular weight is 393 g/mol. The van der Waals surface area contributed by atoms with Crippen LogP contribution >= 0.6 is 0 Å². The van der Waals surface area contributed by atoms with Crippen LogP contribution in [0.1, 0.15) is 44.4 Å². The number of nitrogens with one attached hydrogen (secondary N) is 2. The van der Waals surface area contributed by atoms with Crippen LogP contribution < -0.4 is 21.3 Å². The van der Waals surface area contributed by atoms with Crippen molar-refractivity contribution in [1.29, 1.82) is 5.26 Å². The Morgan fingerprint density at radius 1 is 1.38 bits per heavy atom. The van der Waals surface area contributed by atoms with E-state index in [0.717, 1.165) is 50.3 Å². The van der Waals surface area contributed by atoms with Gasteiger partial charge in [-0.3, -0.25) is 4.79 Å². The third kappa shape index (κ3) is 5.35. The number of nitriles is 1. The molecule has 29 heavy (non-hydrogen) atoms. The number of nitrogens with two attached hydrogens (primary N) is 1. The van der Waals surface area contributed by atoms with Crippen molar-refractivity contribution in [2.75, 3.05) is 29.0 Å². The SMILES string of the molecule is CCCCc1cc(N2CCC(NC(C)=O)C2)nc(Nc2ccc(N)c(C#N)c2)n1.